The lowest BCUT2D eigenvalue weighted by Gasteiger charge is -2.13. The molecule has 0 radical (unpaired) electrons. The SMILES string of the molecule is O=C1C2C3C=CC(C3)C2C(=O)N1/N=C/c1ccco1. The van der Waals surface area contributed by atoms with Crippen LogP contribution in [-0.4, -0.2) is 23.0 Å². The van der Waals surface area contributed by atoms with E-state index in [2.05, 4.69) is 17.3 Å². The largest absolute Gasteiger partial charge is 0.463 e. The van der Waals surface area contributed by atoms with Crippen molar-refractivity contribution in [1.82, 2.24) is 5.01 Å². The zero-order valence-electron chi connectivity index (χ0n) is 10.1. The molecule has 2 bridgehead atoms. The summed E-state index contributed by atoms with van der Waals surface area (Å²) in [6, 6.07) is 3.45. The van der Waals surface area contributed by atoms with E-state index in [-0.39, 0.29) is 35.5 Å². The average molecular weight is 256 g/mol. The summed E-state index contributed by atoms with van der Waals surface area (Å²) in [4.78, 5) is 24.5. The molecule has 2 fully saturated rings. The second-order valence-electron chi connectivity index (χ2n) is 5.25. The van der Waals surface area contributed by atoms with Crippen molar-refractivity contribution in [3.8, 4) is 0 Å². The summed E-state index contributed by atoms with van der Waals surface area (Å²) in [5, 5.41) is 5.01. The van der Waals surface area contributed by atoms with Crippen LogP contribution in [0.2, 0.25) is 0 Å². The van der Waals surface area contributed by atoms with Crippen LogP contribution >= 0.6 is 0 Å². The van der Waals surface area contributed by atoms with E-state index in [1.54, 1.807) is 12.1 Å². The third-order valence-electron chi connectivity index (χ3n) is 4.29. The predicted octanol–water partition coefficient (Wildman–Crippen LogP) is 1.42. The molecular formula is C14H12N2O3. The number of furan rings is 1. The van der Waals surface area contributed by atoms with Gasteiger partial charge in [-0.25, -0.2) is 0 Å². The van der Waals surface area contributed by atoms with E-state index in [4.69, 9.17) is 4.42 Å². The fraction of sp³-hybridized carbons (Fsp3) is 0.357. The Balaban J connectivity index is 1.62. The molecule has 19 heavy (non-hydrogen) atoms. The maximum Gasteiger partial charge on any atom is 0.254 e. The maximum absolute atomic E-state index is 12.3. The van der Waals surface area contributed by atoms with Gasteiger partial charge in [0.15, 0.2) is 0 Å². The Morgan fingerprint density at radius 3 is 2.47 bits per heavy atom. The molecule has 1 saturated heterocycles. The van der Waals surface area contributed by atoms with Gasteiger partial charge in [-0.3, -0.25) is 9.59 Å². The van der Waals surface area contributed by atoms with Gasteiger partial charge in [0, 0.05) is 0 Å². The van der Waals surface area contributed by atoms with Gasteiger partial charge in [-0.2, -0.15) is 10.1 Å². The molecule has 0 aromatic carbocycles. The number of rotatable bonds is 2. The molecule has 1 aliphatic heterocycles. The molecule has 2 aliphatic carbocycles. The normalized spacial score (nSPS) is 35.9. The highest BCUT2D eigenvalue weighted by molar-refractivity contribution is 6.06. The van der Waals surface area contributed by atoms with Gasteiger partial charge in [0.05, 0.1) is 24.3 Å². The van der Waals surface area contributed by atoms with E-state index in [0.29, 0.717) is 5.76 Å². The van der Waals surface area contributed by atoms with E-state index in [1.165, 1.54) is 12.5 Å². The summed E-state index contributed by atoms with van der Waals surface area (Å²) >= 11 is 0. The first-order valence-corrected chi connectivity index (χ1v) is 6.39. The molecule has 0 N–H and O–H groups in total. The van der Waals surface area contributed by atoms with E-state index >= 15 is 0 Å². The van der Waals surface area contributed by atoms with Gasteiger partial charge in [-0.1, -0.05) is 12.2 Å². The Morgan fingerprint density at radius 2 is 1.89 bits per heavy atom. The average Bonchev–Trinajstić information content (AvgIpc) is 3.14. The number of carbonyl (C=O) groups is 2. The van der Waals surface area contributed by atoms with Crippen LogP contribution in [0.5, 0.6) is 0 Å². The Bertz CT molecular complexity index is 572. The molecule has 96 valence electrons. The van der Waals surface area contributed by atoms with Gasteiger partial charge in [-0.15, -0.1) is 0 Å². The lowest BCUT2D eigenvalue weighted by molar-refractivity contribution is -0.140. The van der Waals surface area contributed by atoms with Crippen LogP contribution in [0.4, 0.5) is 0 Å². The van der Waals surface area contributed by atoms with Gasteiger partial charge < -0.3 is 4.42 Å². The van der Waals surface area contributed by atoms with Crippen molar-refractivity contribution in [2.75, 3.05) is 0 Å². The van der Waals surface area contributed by atoms with E-state index in [9.17, 15) is 9.59 Å². The fourth-order valence-electron chi connectivity index (χ4n) is 3.48. The Labute approximate surface area is 109 Å². The summed E-state index contributed by atoms with van der Waals surface area (Å²) in [7, 11) is 0. The van der Waals surface area contributed by atoms with Gasteiger partial charge in [0.2, 0.25) is 0 Å². The third kappa shape index (κ3) is 1.38. The lowest BCUT2D eigenvalue weighted by Crippen LogP contribution is -2.28. The highest BCUT2D eigenvalue weighted by Gasteiger charge is 2.59. The number of hydrazone groups is 1. The van der Waals surface area contributed by atoms with Crippen LogP contribution in [0.1, 0.15) is 12.2 Å². The van der Waals surface area contributed by atoms with Crippen molar-refractivity contribution < 1.29 is 14.0 Å². The monoisotopic (exact) mass is 256 g/mol. The molecule has 4 rings (SSSR count). The van der Waals surface area contributed by atoms with Gasteiger partial charge in [0.1, 0.15) is 5.76 Å². The lowest BCUT2D eigenvalue weighted by atomic mass is 9.85. The zero-order valence-corrected chi connectivity index (χ0v) is 10.1. The number of hydrogen-bond acceptors (Lipinski definition) is 4. The molecule has 4 unspecified atom stereocenters. The van der Waals surface area contributed by atoms with Crippen LogP contribution in [-0.2, 0) is 9.59 Å². The number of fused-ring (bicyclic) bond motifs is 5. The zero-order chi connectivity index (χ0) is 13.0. The molecule has 5 heteroatoms. The first kappa shape index (κ1) is 10.7. The summed E-state index contributed by atoms with van der Waals surface area (Å²) < 4.78 is 5.10. The molecule has 2 heterocycles. The van der Waals surface area contributed by atoms with Crippen LogP contribution in [0.25, 0.3) is 0 Å². The number of imide groups is 1. The minimum Gasteiger partial charge on any atom is -0.463 e. The highest BCUT2D eigenvalue weighted by Crippen LogP contribution is 2.52. The fourth-order valence-corrected chi connectivity index (χ4v) is 3.48. The maximum atomic E-state index is 12.3. The van der Waals surface area contributed by atoms with Gasteiger partial charge >= 0.3 is 0 Å². The van der Waals surface area contributed by atoms with Crippen LogP contribution in [0.3, 0.4) is 0 Å². The molecule has 5 nitrogen and oxygen atoms in total. The summed E-state index contributed by atoms with van der Waals surface area (Å²) in [5.41, 5.74) is 0. The summed E-state index contributed by atoms with van der Waals surface area (Å²) in [6.45, 7) is 0. The second kappa shape index (κ2) is 3.66. The quantitative estimate of drug-likeness (QED) is 0.456. The predicted molar refractivity (Wildman–Crippen MR) is 65.9 cm³/mol. The van der Waals surface area contributed by atoms with Crippen molar-refractivity contribution in [1.29, 1.82) is 0 Å². The van der Waals surface area contributed by atoms with Crippen LogP contribution in [0.15, 0.2) is 40.1 Å². The van der Waals surface area contributed by atoms with E-state index in [1.807, 2.05) is 0 Å². The molecule has 3 aliphatic rings. The molecule has 2 amide bonds. The molecule has 1 aromatic rings. The van der Waals surface area contributed by atoms with Crippen LogP contribution < -0.4 is 0 Å². The second-order valence-corrected chi connectivity index (χ2v) is 5.25. The Morgan fingerprint density at radius 1 is 1.21 bits per heavy atom. The van der Waals surface area contributed by atoms with E-state index < -0.39 is 0 Å². The molecule has 1 aromatic heterocycles. The smallest absolute Gasteiger partial charge is 0.254 e. The number of nitrogens with zero attached hydrogens (tertiary/aromatic N) is 2. The third-order valence-corrected chi connectivity index (χ3v) is 4.29. The minimum atomic E-state index is -0.198. The first-order valence-electron chi connectivity index (χ1n) is 6.39. The Kier molecular flexibility index (Phi) is 2.07. The number of allylic oxidation sites excluding steroid dienone is 2. The van der Waals surface area contributed by atoms with Crippen molar-refractivity contribution in [2.24, 2.45) is 28.8 Å². The van der Waals surface area contributed by atoms with Crippen molar-refractivity contribution in [2.45, 2.75) is 6.42 Å². The molecule has 0 spiro atoms. The van der Waals surface area contributed by atoms with E-state index in [0.717, 1.165) is 11.4 Å². The molecule has 1 saturated carbocycles. The van der Waals surface area contributed by atoms with Gasteiger partial charge in [0.25, 0.3) is 11.8 Å². The summed E-state index contributed by atoms with van der Waals surface area (Å²) in [6.07, 6.45) is 8.00. The number of hydrogen-bond donors (Lipinski definition) is 0. The first-order chi connectivity index (χ1) is 9.25. The topological polar surface area (TPSA) is 62.9 Å². The van der Waals surface area contributed by atoms with Gasteiger partial charge in [-0.05, 0) is 30.4 Å². The van der Waals surface area contributed by atoms with Crippen LogP contribution in [0, 0.1) is 23.7 Å². The standard InChI is InChI=1S/C14H12N2O3/c17-13-11-8-3-4-9(6-8)12(11)14(18)16(13)15-7-10-2-1-5-19-10/h1-5,7-9,11-12H,6H2/b15-7+. The number of carbonyl (C=O) groups excluding carboxylic acids is 2. The van der Waals surface area contributed by atoms with Crippen molar-refractivity contribution in [3.05, 3.63) is 36.3 Å². The van der Waals surface area contributed by atoms with Crippen molar-refractivity contribution >= 4 is 18.0 Å². The number of amides is 2. The van der Waals surface area contributed by atoms with Crippen molar-refractivity contribution in [3.63, 3.8) is 0 Å². The summed E-state index contributed by atoms with van der Waals surface area (Å²) in [5.74, 6) is 0.223. The molecular weight excluding hydrogens is 244 g/mol. The highest BCUT2D eigenvalue weighted by atomic mass is 16.3. The Hall–Kier alpha value is -2.17. The minimum absolute atomic E-state index is 0.172. The molecule has 4 atom stereocenters.